The third-order valence-corrected chi connectivity index (χ3v) is 6.24. The molecule has 0 unspecified atom stereocenters. The van der Waals surface area contributed by atoms with Gasteiger partial charge in [0, 0.05) is 25.8 Å². The number of amides is 2. The molecule has 2 saturated heterocycles. The van der Waals surface area contributed by atoms with Gasteiger partial charge in [-0.1, -0.05) is 12.1 Å². The average Bonchev–Trinajstić information content (AvgIpc) is 3.34. The molecular weight excluding hydrogens is 414 g/mol. The molecule has 0 radical (unpaired) electrons. The molecule has 1 aromatic carbocycles. The molecule has 0 aliphatic carbocycles. The van der Waals surface area contributed by atoms with Gasteiger partial charge in [-0.15, -0.1) is 0 Å². The highest BCUT2D eigenvalue weighted by molar-refractivity contribution is 8.18. The van der Waals surface area contributed by atoms with Crippen molar-refractivity contribution in [2.45, 2.75) is 12.8 Å². The number of imidazole rings is 1. The zero-order chi connectivity index (χ0) is 21.2. The van der Waals surface area contributed by atoms with Crippen molar-refractivity contribution < 1.29 is 9.59 Å². The van der Waals surface area contributed by atoms with Gasteiger partial charge in [-0.25, -0.2) is 15.0 Å². The lowest BCUT2D eigenvalue weighted by atomic mass is 9.97. The van der Waals surface area contributed by atoms with Crippen molar-refractivity contribution in [3.8, 4) is 0 Å². The van der Waals surface area contributed by atoms with E-state index in [2.05, 4.69) is 35.5 Å². The van der Waals surface area contributed by atoms with Gasteiger partial charge in [-0.3, -0.25) is 14.9 Å². The molecular formula is C21H21N7O2S. The van der Waals surface area contributed by atoms with Crippen LogP contribution in [-0.4, -0.2) is 50.7 Å². The van der Waals surface area contributed by atoms with Crippen molar-refractivity contribution in [1.29, 1.82) is 0 Å². The van der Waals surface area contributed by atoms with E-state index >= 15 is 0 Å². The SMILES string of the molecule is O=C1NC(=O)/C(=C\c2ccnc(N3CCC(CNc4nc5ccccc5[nH]4)CC3)n2)S1. The molecule has 31 heavy (non-hydrogen) atoms. The largest absolute Gasteiger partial charge is 0.356 e. The molecule has 2 amide bonds. The first-order chi connectivity index (χ1) is 15.1. The number of carbonyl (C=O) groups is 2. The van der Waals surface area contributed by atoms with Crippen LogP contribution in [0.3, 0.4) is 0 Å². The van der Waals surface area contributed by atoms with Crippen LogP contribution in [0.2, 0.25) is 0 Å². The molecule has 0 spiro atoms. The van der Waals surface area contributed by atoms with Gasteiger partial charge < -0.3 is 15.2 Å². The molecule has 2 fully saturated rings. The maximum atomic E-state index is 11.7. The maximum absolute atomic E-state index is 11.7. The lowest BCUT2D eigenvalue weighted by Gasteiger charge is -2.32. The van der Waals surface area contributed by atoms with E-state index in [9.17, 15) is 9.59 Å². The fourth-order valence-electron chi connectivity index (χ4n) is 3.76. The van der Waals surface area contributed by atoms with Gasteiger partial charge in [-0.05, 0) is 54.8 Å². The van der Waals surface area contributed by atoms with Crippen LogP contribution in [0.1, 0.15) is 18.5 Å². The Labute approximate surface area is 182 Å². The predicted octanol–water partition coefficient (Wildman–Crippen LogP) is 3.01. The number of imide groups is 1. The van der Waals surface area contributed by atoms with E-state index in [0.29, 0.717) is 22.5 Å². The Bertz CT molecular complexity index is 1130. The van der Waals surface area contributed by atoms with E-state index < -0.39 is 0 Å². The van der Waals surface area contributed by atoms with Gasteiger partial charge >= 0.3 is 0 Å². The summed E-state index contributed by atoms with van der Waals surface area (Å²) in [7, 11) is 0. The molecule has 5 rings (SSSR count). The molecule has 3 aromatic rings. The van der Waals surface area contributed by atoms with E-state index in [1.165, 1.54) is 0 Å². The van der Waals surface area contributed by atoms with E-state index in [1.807, 2.05) is 24.3 Å². The molecule has 3 N–H and O–H groups in total. The number of thioether (sulfide) groups is 1. The number of piperidine rings is 1. The van der Waals surface area contributed by atoms with Gasteiger partial charge in [0.15, 0.2) is 0 Å². The third kappa shape index (κ3) is 4.38. The number of aromatic nitrogens is 4. The second-order valence-electron chi connectivity index (χ2n) is 7.55. The summed E-state index contributed by atoms with van der Waals surface area (Å²) in [5, 5.41) is 5.32. The summed E-state index contributed by atoms with van der Waals surface area (Å²) in [5.74, 6) is 1.61. The lowest BCUT2D eigenvalue weighted by Crippen LogP contribution is -2.37. The van der Waals surface area contributed by atoms with Crippen molar-refractivity contribution in [2.24, 2.45) is 5.92 Å². The number of nitrogens with zero attached hydrogens (tertiary/aromatic N) is 4. The molecule has 158 valence electrons. The van der Waals surface area contributed by atoms with Crippen LogP contribution in [-0.2, 0) is 4.79 Å². The first-order valence-corrected chi connectivity index (χ1v) is 11.0. The average molecular weight is 436 g/mol. The first kappa shape index (κ1) is 19.6. The van der Waals surface area contributed by atoms with E-state index in [0.717, 1.165) is 61.2 Å². The minimum Gasteiger partial charge on any atom is -0.356 e. The van der Waals surface area contributed by atoms with Crippen LogP contribution >= 0.6 is 11.8 Å². The van der Waals surface area contributed by atoms with E-state index in [1.54, 1.807) is 18.3 Å². The first-order valence-electron chi connectivity index (χ1n) is 10.2. The van der Waals surface area contributed by atoms with Crippen molar-refractivity contribution in [3.05, 3.63) is 47.1 Å². The summed E-state index contributed by atoms with van der Waals surface area (Å²) in [6.45, 7) is 2.58. The van der Waals surface area contributed by atoms with Gasteiger partial charge in [0.05, 0.1) is 21.6 Å². The summed E-state index contributed by atoms with van der Waals surface area (Å²) in [6.07, 6.45) is 5.35. The highest BCUT2D eigenvalue weighted by atomic mass is 32.2. The van der Waals surface area contributed by atoms with E-state index in [4.69, 9.17) is 0 Å². The minimum absolute atomic E-state index is 0.352. The van der Waals surface area contributed by atoms with Crippen molar-refractivity contribution in [2.75, 3.05) is 29.9 Å². The normalized spacial score (nSPS) is 18.7. The number of H-pyrrole nitrogens is 1. The highest BCUT2D eigenvalue weighted by Crippen LogP contribution is 2.26. The minimum atomic E-state index is -0.382. The molecule has 9 nitrogen and oxygen atoms in total. The number of benzene rings is 1. The number of rotatable bonds is 5. The summed E-state index contributed by atoms with van der Waals surface area (Å²) in [4.78, 5) is 42.4. The number of hydrogen-bond donors (Lipinski definition) is 3. The number of carbonyl (C=O) groups excluding carboxylic acids is 2. The standard InChI is InChI=1S/C21H21N7O2S/c29-18-17(31-21(30)27-18)11-14-5-8-22-20(24-14)28-9-6-13(7-10-28)12-23-19-25-15-3-1-2-4-16(15)26-19/h1-5,8,11,13H,6-7,9-10,12H2,(H2,23,25,26)(H,27,29,30)/b17-11+. The molecule has 2 aliphatic heterocycles. The van der Waals surface area contributed by atoms with Crippen LogP contribution in [0.25, 0.3) is 17.1 Å². The highest BCUT2D eigenvalue weighted by Gasteiger charge is 2.25. The van der Waals surface area contributed by atoms with Crippen LogP contribution in [0.5, 0.6) is 0 Å². The molecule has 0 saturated carbocycles. The molecule has 2 aromatic heterocycles. The lowest BCUT2D eigenvalue weighted by molar-refractivity contribution is -0.115. The van der Waals surface area contributed by atoms with Crippen LogP contribution in [0.4, 0.5) is 16.7 Å². The monoisotopic (exact) mass is 435 g/mol. The summed E-state index contributed by atoms with van der Waals surface area (Å²) < 4.78 is 0. The Morgan fingerprint density at radius 1 is 1.16 bits per heavy atom. The Balaban J connectivity index is 1.17. The van der Waals surface area contributed by atoms with Crippen molar-refractivity contribution in [3.63, 3.8) is 0 Å². The number of aromatic amines is 1. The van der Waals surface area contributed by atoms with Gasteiger partial charge in [0.2, 0.25) is 11.9 Å². The van der Waals surface area contributed by atoms with Crippen LogP contribution in [0.15, 0.2) is 41.4 Å². The van der Waals surface area contributed by atoms with Crippen molar-refractivity contribution >= 4 is 51.9 Å². The summed E-state index contributed by atoms with van der Waals surface area (Å²) in [6, 6.07) is 9.73. The number of hydrogen-bond acceptors (Lipinski definition) is 8. The molecule has 10 heteroatoms. The smallest absolute Gasteiger partial charge is 0.290 e. The zero-order valence-electron chi connectivity index (χ0n) is 16.7. The molecule has 2 aliphatic rings. The maximum Gasteiger partial charge on any atom is 0.290 e. The second kappa shape index (κ2) is 8.38. The predicted molar refractivity (Wildman–Crippen MR) is 121 cm³/mol. The second-order valence-corrected chi connectivity index (χ2v) is 8.56. The number of para-hydroxylation sites is 2. The van der Waals surface area contributed by atoms with Gasteiger partial charge in [-0.2, -0.15) is 0 Å². The van der Waals surface area contributed by atoms with Gasteiger partial charge in [0.25, 0.3) is 11.1 Å². The molecule has 4 heterocycles. The topological polar surface area (TPSA) is 116 Å². The third-order valence-electron chi connectivity index (χ3n) is 5.43. The fourth-order valence-corrected chi connectivity index (χ4v) is 4.43. The molecule has 0 bridgehead atoms. The summed E-state index contributed by atoms with van der Waals surface area (Å²) >= 11 is 0.888. The van der Waals surface area contributed by atoms with E-state index in [-0.39, 0.29) is 11.1 Å². The fraction of sp³-hybridized carbons (Fsp3) is 0.286. The van der Waals surface area contributed by atoms with Crippen LogP contribution in [0, 0.1) is 5.92 Å². The van der Waals surface area contributed by atoms with Crippen LogP contribution < -0.4 is 15.5 Å². The number of nitrogens with one attached hydrogen (secondary N) is 3. The van der Waals surface area contributed by atoms with Gasteiger partial charge in [0.1, 0.15) is 0 Å². The summed E-state index contributed by atoms with van der Waals surface area (Å²) in [5.41, 5.74) is 2.61. The van der Waals surface area contributed by atoms with Crippen molar-refractivity contribution in [1.82, 2.24) is 25.3 Å². The number of anilines is 2. The molecule has 0 atom stereocenters. The number of fused-ring (bicyclic) bond motifs is 1. The Morgan fingerprint density at radius 2 is 2.00 bits per heavy atom. The zero-order valence-corrected chi connectivity index (χ0v) is 17.5. The Morgan fingerprint density at radius 3 is 2.77 bits per heavy atom. The quantitative estimate of drug-likeness (QED) is 0.524. The Hall–Kier alpha value is -3.40. The Kier molecular flexibility index (Phi) is 5.29.